The van der Waals surface area contributed by atoms with Crippen LogP contribution in [0.5, 0.6) is 5.75 Å². The number of halogens is 1. The molecular weight excluding hydrogens is 733 g/mol. The molecule has 280 valence electrons. The van der Waals surface area contributed by atoms with Crippen LogP contribution in [0.4, 0.5) is 33.6 Å². The number of hydrogen-bond acceptors (Lipinski definition) is 12. The molecule has 2 fully saturated rings. The largest absolute Gasteiger partial charge is 0.494 e. The Morgan fingerprint density at radius 1 is 0.926 bits per heavy atom. The molecule has 0 spiro atoms. The molecule has 0 unspecified atom stereocenters. The quantitative estimate of drug-likeness (QED) is 0.118. The molecule has 3 aromatic carbocycles. The van der Waals surface area contributed by atoms with Gasteiger partial charge in [0.05, 0.1) is 42.4 Å². The number of carbonyl (C=O) groups excluding carboxylic acids is 4. The molecule has 0 aliphatic carbocycles. The minimum atomic E-state index is -2.56. The Kier molecular flexibility index (Phi) is 10.3. The van der Waals surface area contributed by atoms with E-state index in [-0.39, 0.29) is 30.1 Å². The van der Waals surface area contributed by atoms with Gasteiger partial charge in [-0.2, -0.15) is 9.99 Å². The molecule has 17 heteroatoms. The fraction of sp³-hybridized carbons (Fsp3) is 0.297. The van der Waals surface area contributed by atoms with E-state index in [4.69, 9.17) is 16.3 Å². The van der Waals surface area contributed by atoms with Gasteiger partial charge in [0.2, 0.25) is 11.9 Å². The van der Waals surface area contributed by atoms with E-state index in [0.717, 1.165) is 47.2 Å². The third-order valence-corrected chi connectivity index (χ3v) is 11.4. The second kappa shape index (κ2) is 15.1. The average molecular weight is 772 g/mol. The fourth-order valence-electron chi connectivity index (χ4n) is 6.75. The van der Waals surface area contributed by atoms with Gasteiger partial charge in [0.15, 0.2) is 5.82 Å². The van der Waals surface area contributed by atoms with Gasteiger partial charge in [0.25, 0.3) is 11.8 Å². The summed E-state index contributed by atoms with van der Waals surface area (Å²) in [5.41, 5.74) is 3.64. The first kappa shape index (κ1) is 36.8. The van der Waals surface area contributed by atoms with Crippen molar-refractivity contribution in [3.05, 3.63) is 88.6 Å². The van der Waals surface area contributed by atoms with Crippen LogP contribution in [0.2, 0.25) is 5.02 Å². The lowest BCUT2D eigenvalue weighted by molar-refractivity contribution is -0.122. The highest BCUT2D eigenvalue weighted by molar-refractivity contribution is 7.70. The van der Waals surface area contributed by atoms with Crippen molar-refractivity contribution in [2.45, 2.75) is 31.8 Å². The monoisotopic (exact) mass is 771 g/mol. The van der Waals surface area contributed by atoms with E-state index in [2.05, 4.69) is 36.1 Å². The molecule has 1 aromatic heterocycles. The number of aromatic nitrogens is 2. The Bertz CT molecular complexity index is 2210. The first-order chi connectivity index (χ1) is 25.9. The number of methoxy groups -OCH3 is 1. The first-order valence-corrected chi connectivity index (χ1v) is 20.4. The van der Waals surface area contributed by atoms with Crippen molar-refractivity contribution in [3.8, 4) is 5.75 Å². The van der Waals surface area contributed by atoms with Crippen molar-refractivity contribution < 1.29 is 28.5 Å². The maximum absolute atomic E-state index is 13.2. The van der Waals surface area contributed by atoms with Gasteiger partial charge in [-0.25, -0.2) is 14.8 Å². The first-order valence-electron chi connectivity index (χ1n) is 17.4. The Morgan fingerprint density at radius 3 is 2.43 bits per heavy atom. The molecule has 54 heavy (non-hydrogen) atoms. The molecule has 0 bridgehead atoms. The average Bonchev–Trinajstić information content (AvgIpc) is 3.40. The van der Waals surface area contributed by atoms with Crippen molar-refractivity contribution >= 4 is 76.6 Å². The van der Waals surface area contributed by atoms with Crippen molar-refractivity contribution in [2.75, 3.05) is 55.6 Å². The van der Waals surface area contributed by atoms with Crippen molar-refractivity contribution in [2.24, 2.45) is 0 Å². The summed E-state index contributed by atoms with van der Waals surface area (Å²) in [5.74, 6) is -0.331. The van der Waals surface area contributed by atoms with Gasteiger partial charge in [0.1, 0.15) is 17.9 Å². The second-order valence-corrected chi connectivity index (χ2v) is 17.2. The summed E-state index contributed by atoms with van der Waals surface area (Å²) in [7, 11) is -0.959. The lowest BCUT2D eigenvalue weighted by Crippen LogP contribution is -2.58. The summed E-state index contributed by atoms with van der Waals surface area (Å²) in [4.78, 5) is 61.3. The highest BCUT2D eigenvalue weighted by Gasteiger charge is 2.43. The zero-order valence-electron chi connectivity index (χ0n) is 29.9. The molecule has 0 radical (unpaired) electrons. The van der Waals surface area contributed by atoms with E-state index in [9.17, 15) is 23.7 Å². The van der Waals surface area contributed by atoms with E-state index in [1.807, 2.05) is 42.5 Å². The summed E-state index contributed by atoms with van der Waals surface area (Å²) in [6.45, 7) is 5.49. The lowest BCUT2D eigenvalue weighted by atomic mass is 10.0. The number of hydrogen-bond donors (Lipinski definition) is 4. The van der Waals surface area contributed by atoms with Crippen molar-refractivity contribution in [3.63, 3.8) is 0 Å². The Hall–Kier alpha value is -5.50. The van der Waals surface area contributed by atoms with Crippen LogP contribution in [0.15, 0.2) is 66.9 Å². The van der Waals surface area contributed by atoms with Gasteiger partial charge in [-0.15, -0.1) is 0 Å². The highest BCUT2D eigenvalue weighted by Crippen LogP contribution is 2.39. The number of hydrazine groups is 1. The predicted octanol–water partition coefficient (Wildman–Crippen LogP) is 5.09. The van der Waals surface area contributed by atoms with Crippen LogP contribution in [0, 0.1) is 0 Å². The molecule has 3 aliphatic rings. The number of urea groups is 1. The number of piperidine rings is 1. The number of para-hydroxylation sites is 1. The predicted molar refractivity (Wildman–Crippen MR) is 206 cm³/mol. The Labute approximate surface area is 316 Å². The number of rotatable bonds is 11. The lowest BCUT2D eigenvalue weighted by Gasteiger charge is -2.34. The van der Waals surface area contributed by atoms with Crippen LogP contribution in [0.1, 0.15) is 45.5 Å². The molecule has 4 aromatic rings. The number of carbonyl (C=O) groups is 4. The summed E-state index contributed by atoms with van der Waals surface area (Å²) < 4.78 is 18.6. The van der Waals surface area contributed by atoms with E-state index in [1.54, 1.807) is 38.6 Å². The van der Waals surface area contributed by atoms with Gasteiger partial charge in [-0.3, -0.25) is 19.7 Å². The van der Waals surface area contributed by atoms with Crippen LogP contribution >= 0.6 is 18.7 Å². The van der Waals surface area contributed by atoms with Gasteiger partial charge < -0.3 is 30.2 Å². The topological polar surface area (TPSA) is 178 Å². The zero-order chi connectivity index (χ0) is 38.1. The molecule has 0 atom stereocenters. The van der Waals surface area contributed by atoms with Crippen LogP contribution in [0.25, 0.3) is 0 Å². The highest BCUT2D eigenvalue weighted by atomic mass is 35.5. The third kappa shape index (κ3) is 7.61. The van der Waals surface area contributed by atoms with E-state index >= 15 is 0 Å². The maximum atomic E-state index is 13.2. The van der Waals surface area contributed by atoms with Crippen LogP contribution in [-0.2, 0) is 15.9 Å². The van der Waals surface area contributed by atoms with Crippen LogP contribution in [0.3, 0.4) is 0 Å². The number of anilines is 5. The molecule has 4 heterocycles. The van der Waals surface area contributed by atoms with Crippen LogP contribution < -0.4 is 36.2 Å². The molecule has 2 saturated heterocycles. The van der Waals surface area contributed by atoms with Gasteiger partial charge in [-0.1, -0.05) is 29.8 Å². The number of amides is 5. The summed E-state index contributed by atoms with van der Waals surface area (Å²) >= 11 is 6.44. The van der Waals surface area contributed by atoms with E-state index in [0.29, 0.717) is 45.8 Å². The zero-order valence-corrected chi connectivity index (χ0v) is 31.5. The number of benzene rings is 3. The Balaban J connectivity index is 0.949. The number of ether oxygens (including phenoxy) is 1. The standard InChI is InChI=1S/C37H39ClN9O6P/c1-53-30-19-24(9-11-28(30)42-36-40-21-27(38)33(44-36)41-29-6-4-5-7-31(29)54(2,3)52)45-15-12-23(13-16-45)39-20-22-8-10-25-26(18-22)35(50)47(34(25)49)46-17-14-32(48)43-37(46)51/h4-11,18-19,21,23,39H,12-17,20H2,1-3H3,(H,43,48,51)(H2,40,41,42,44). The molecule has 0 saturated carbocycles. The molecule has 7 rings (SSSR count). The van der Waals surface area contributed by atoms with Gasteiger partial charge >= 0.3 is 6.03 Å². The number of fused-ring (bicyclic) bond motifs is 1. The SMILES string of the molecule is COc1cc(N2CCC(NCc3ccc4c(c3)C(=O)N(N3CCC(=O)NC3=O)C4=O)CC2)ccc1Nc1ncc(Cl)c(Nc2ccccc2P(C)(C)=O)n1. The summed E-state index contributed by atoms with van der Waals surface area (Å²) in [6, 6.07) is 17.8. The van der Waals surface area contributed by atoms with Crippen LogP contribution in [-0.4, -0.2) is 89.9 Å². The summed E-state index contributed by atoms with van der Waals surface area (Å²) in [5, 5.41) is 15.0. The van der Waals surface area contributed by atoms with Gasteiger partial charge in [0, 0.05) is 49.2 Å². The van der Waals surface area contributed by atoms with Crippen molar-refractivity contribution in [1.82, 2.24) is 30.6 Å². The van der Waals surface area contributed by atoms with E-state index < -0.39 is 30.9 Å². The minimum Gasteiger partial charge on any atom is -0.494 e. The molecular formula is C37H39ClN9O6P. The summed E-state index contributed by atoms with van der Waals surface area (Å²) in [6.07, 6.45) is 3.26. The molecule has 3 aliphatic heterocycles. The van der Waals surface area contributed by atoms with Crippen molar-refractivity contribution in [1.29, 1.82) is 0 Å². The van der Waals surface area contributed by atoms with Gasteiger partial charge in [-0.05, 0) is 68.1 Å². The normalized spacial score (nSPS) is 16.4. The molecule has 4 N–H and O–H groups in total. The number of nitrogens with zero attached hydrogens (tertiary/aromatic N) is 5. The third-order valence-electron chi connectivity index (χ3n) is 9.57. The number of imide groups is 2. The molecule has 15 nitrogen and oxygen atoms in total. The maximum Gasteiger partial charge on any atom is 0.343 e. The fourth-order valence-corrected chi connectivity index (χ4v) is 8.04. The second-order valence-electron chi connectivity index (χ2n) is 13.6. The molecule has 5 amide bonds. The number of nitrogens with one attached hydrogen (secondary N) is 4. The minimum absolute atomic E-state index is 0.00420. The Morgan fingerprint density at radius 2 is 1.69 bits per heavy atom. The smallest absolute Gasteiger partial charge is 0.343 e. The van der Waals surface area contributed by atoms with E-state index in [1.165, 1.54) is 6.20 Å².